The van der Waals surface area contributed by atoms with Crippen LogP contribution < -0.4 is 0 Å². The van der Waals surface area contributed by atoms with Crippen molar-refractivity contribution in [1.82, 2.24) is 19.6 Å². The van der Waals surface area contributed by atoms with E-state index in [1.807, 2.05) is 11.8 Å². The van der Waals surface area contributed by atoms with Crippen LogP contribution in [0.3, 0.4) is 0 Å². The number of carbonyl (C=O) groups excluding carboxylic acids is 1. The molecule has 0 aliphatic carbocycles. The zero-order chi connectivity index (χ0) is 17.9. The molecule has 0 aromatic heterocycles. The van der Waals surface area contributed by atoms with E-state index < -0.39 is 5.97 Å². The largest absolute Gasteiger partial charge is 0.480 e. The average molecular weight is 342 g/mol. The van der Waals surface area contributed by atoms with Crippen LogP contribution in [-0.2, 0) is 9.59 Å². The Balaban J connectivity index is 2.67. The summed E-state index contributed by atoms with van der Waals surface area (Å²) in [6.45, 7) is 9.28. The molecule has 1 N–H and O–H groups in total. The topological polar surface area (TPSA) is 67.3 Å². The number of aliphatic carboxylic acids is 1. The number of nitrogens with zero attached hydrogens (tertiary/aromatic N) is 4. The SMILES string of the molecule is CCCC(=O)CN1CCN(C)CCN(C)CCN(CC(=O)O)CC1. The van der Waals surface area contributed by atoms with E-state index in [9.17, 15) is 9.59 Å². The van der Waals surface area contributed by atoms with Crippen molar-refractivity contribution in [2.45, 2.75) is 19.8 Å². The molecule has 0 atom stereocenters. The van der Waals surface area contributed by atoms with Gasteiger partial charge in [0.15, 0.2) is 0 Å². The highest BCUT2D eigenvalue weighted by Crippen LogP contribution is 2.00. The molecule has 0 radical (unpaired) electrons. The van der Waals surface area contributed by atoms with E-state index in [1.165, 1.54) is 0 Å². The molecule has 0 bridgehead atoms. The van der Waals surface area contributed by atoms with Crippen molar-refractivity contribution in [2.24, 2.45) is 0 Å². The highest BCUT2D eigenvalue weighted by Gasteiger charge is 2.16. The van der Waals surface area contributed by atoms with Crippen LogP contribution in [0.1, 0.15) is 19.8 Å². The number of Topliss-reactive ketones (excluding diaryl/α,β-unsaturated/α-hetero) is 1. The molecule has 24 heavy (non-hydrogen) atoms. The molecule has 0 unspecified atom stereocenters. The van der Waals surface area contributed by atoms with Gasteiger partial charge in [0.1, 0.15) is 5.78 Å². The van der Waals surface area contributed by atoms with Gasteiger partial charge in [0, 0.05) is 58.8 Å². The maximum atomic E-state index is 12.0. The van der Waals surface area contributed by atoms with Crippen molar-refractivity contribution in [2.75, 3.05) is 79.5 Å². The monoisotopic (exact) mass is 342 g/mol. The number of rotatable bonds is 6. The van der Waals surface area contributed by atoms with Gasteiger partial charge in [-0.25, -0.2) is 0 Å². The number of likely N-dealkylation sites (N-methyl/N-ethyl adjacent to an activating group) is 2. The van der Waals surface area contributed by atoms with Crippen molar-refractivity contribution < 1.29 is 14.7 Å². The quantitative estimate of drug-likeness (QED) is 0.724. The minimum atomic E-state index is -0.793. The maximum absolute atomic E-state index is 12.0. The number of carbonyl (C=O) groups is 2. The molecule has 0 saturated carbocycles. The lowest BCUT2D eigenvalue weighted by molar-refractivity contribution is -0.138. The lowest BCUT2D eigenvalue weighted by Crippen LogP contribution is -2.46. The van der Waals surface area contributed by atoms with Crippen LogP contribution in [0.5, 0.6) is 0 Å². The Bertz CT molecular complexity index is 392. The Morgan fingerprint density at radius 2 is 1.21 bits per heavy atom. The van der Waals surface area contributed by atoms with Gasteiger partial charge in [0.25, 0.3) is 0 Å². The van der Waals surface area contributed by atoms with Crippen molar-refractivity contribution in [3.8, 4) is 0 Å². The molecule has 7 heteroatoms. The standard InChI is InChI=1S/C17H34N4O3/c1-4-5-16(22)14-20-10-8-18(2)6-7-19(3)9-11-21(13-12-20)15-17(23)24/h4-15H2,1-3H3,(H,23,24). The number of ketones is 1. The van der Waals surface area contributed by atoms with E-state index in [0.29, 0.717) is 19.5 Å². The van der Waals surface area contributed by atoms with Gasteiger partial charge in [-0.1, -0.05) is 6.92 Å². The first-order valence-electron chi connectivity index (χ1n) is 8.96. The number of carboxylic acids is 1. The summed E-state index contributed by atoms with van der Waals surface area (Å²) in [6, 6.07) is 0. The summed E-state index contributed by atoms with van der Waals surface area (Å²) in [5, 5.41) is 9.11. The first kappa shape index (κ1) is 21.0. The van der Waals surface area contributed by atoms with Crippen LogP contribution in [0.15, 0.2) is 0 Å². The predicted molar refractivity (Wildman–Crippen MR) is 95.4 cm³/mol. The van der Waals surface area contributed by atoms with E-state index in [1.54, 1.807) is 0 Å². The first-order valence-corrected chi connectivity index (χ1v) is 8.96. The van der Waals surface area contributed by atoms with Crippen molar-refractivity contribution in [3.63, 3.8) is 0 Å². The lowest BCUT2D eigenvalue weighted by atomic mass is 10.2. The van der Waals surface area contributed by atoms with E-state index in [-0.39, 0.29) is 12.3 Å². The second-order valence-electron chi connectivity index (χ2n) is 6.84. The minimum absolute atomic E-state index is 0.0600. The molecule has 1 aliphatic rings. The number of carboxylic acid groups (broad SMARTS) is 1. The molecule has 0 spiro atoms. The average Bonchev–Trinajstić information content (AvgIpc) is 2.51. The van der Waals surface area contributed by atoms with Gasteiger partial charge in [0.05, 0.1) is 13.1 Å². The Kier molecular flexibility index (Phi) is 10.1. The minimum Gasteiger partial charge on any atom is -0.480 e. The van der Waals surface area contributed by atoms with Crippen LogP contribution in [0.4, 0.5) is 0 Å². The second kappa shape index (κ2) is 11.5. The van der Waals surface area contributed by atoms with Crippen LogP contribution >= 0.6 is 0 Å². The van der Waals surface area contributed by atoms with Crippen molar-refractivity contribution >= 4 is 11.8 Å². The first-order chi connectivity index (χ1) is 11.4. The maximum Gasteiger partial charge on any atom is 0.317 e. The third kappa shape index (κ3) is 9.32. The van der Waals surface area contributed by atoms with Gasteiger partial charge in [-0.05, 0) is 20.5 Å². The lowest BCUT2D eigenvalue weighted by Gasteiger charge is -2.31. The fourth-order valence-electron chi connectivity index (χ4n) is 2.81. The van der Waals surface area contributed by atoms with Crippen LogP contribution in [0, 0.1) is 0 Å². The van der Waals surface area contributed by atoms with Gasteiger partial charge in [-0.15, -0.1) is 0 Å². The van der Waals surface area contributed by atoms with Crippen LogP contribution in [-0.4, -0.2) is 116 Å². The summed E-state index contributed by atoms with van der Waals surface area (Å²) in [4.78, 5) is 31.8. The molecule has 1 aliphatic heterocycles. The smallest absolute Gasteiger partial charge is 0.317 e. The summed E-state index contributed by atoms with van der Waals surface area (Å²) >= 11 is 0. The zero-order valence-corrected chi connectivity index (χ0v) is 15.5. The van der Waals surface area contributed by atoms with Gasteiger partial charge < -0.3 is 14.9 Å². The molecule has 140 valence electrons. The molecule has 1 fully saturated rings. The highest BCUT2D eigenvalue weighted by molar-refractivity contribution is 5.80. The summed E-state index contributed by atoms with van der Waals surface area (Å²) in [6.07, 6.45) is 1.50. The fourth-order valence-corrected chi connectivity index (χ4v) is 2.81. The fraction of sp³-hybridized carbons (Fsp3) is 0.882. The van der Waals surface area contributed by atoms with E-state index >= 15 is 0 Å². The summed E-state index contributed by atoms with van der Waals surface area (Å²) in [5.74, 6) is -0.519. The summed E-state index contributed by atoms with van der Waals surface area (Å²) in [5.41, 5.74) is 0. The van der Waals surface area contributed by atoms with Gasteiger partial charge in [-0.2, -0.15) is 0 Å². The Labute approximate surface area is 146 Å². The van der Waals surface area contributed by atoms with Crippen LogP contribution in [0.2, 0.25) is 0 Å². The second-order valence-corrected chi connectivity index (χ2v) is 6.84. The number of hydrogen-bond acceptors (Lipinski definition) is 6. The molecule has 7 nitrogen and oxygen atoms in total. The van der Waals surface area contributed by atoms with Crippen molar-refractivity contribution in [1.29, 1.82) is 0 Å². The Morgan fingerprint density at radius 3 is 1.67 bits per heavy atom. The van der Waals surface area contributed by atoms with Crippen LogP contribution in [0.25, 0.3) is 0 Å². The van der Waals surface area contributed by atoms with Gasteiger partial charge >= 0.3 is 5.97 Å². The molecule has 1 saturated heterocycles. The molecule has 0 aromatic rings. The van der Waals surface area contributed by atoms with Gasteiger partial charge in [0.2, 0.25) is 0 Å². The predicted octanol–water partition coefficient (Wildman–Crippen LogP) is -0.0786. The highest BCUT2D eigenvalue weighted by atomic mass is 16.4. The molecule has 1 heterocycles. The third-order valence-corrected chi connectivity index (χ3v) is 4.48. The van der Waals surface area contributed by atoms with E-state index in [2.05, 4.69) is 28.8 Å². The normalized spacial score (nSPS) is 21.1. The van der Waals surface area contributed by atoms with Crippen molar-refractivity contribution in [3.05, 3.63) is 0 Å². The Hall–Kier alpha value is -1.02. The summed E-state index contributed by atoms with van der Waals surface area (Å²) < 4.78 is 0. The van der Waals surface area contributed by atoms with Gasteiger partial charge in [-0.3, -0.25) is 19.4 Å². The molecule has 0 aromatic carbocycles. The number of hydrogen-bond donors (Lipinski definition) is 1. The van der Waals surface area contributed by atoms with E-state index in [4.69, 9.17) is 5.11 Å². The molecular weight excluding hydrogens is 308 g/mol. The molecular formula is C17H34N4O3. The summed E-state index contributed by atoms with van der Waals surface area (Å²) in [7, 11) is 4.19. The third-order valence-electron chi connectivity index (χ3n) is 4.48. The molecule has 0 amide bonds. The van der Waals surface area contributed by atoms with E-state index in [0.717, 1.165) is 52.2 Å². The molecule has 1 rings (SSSR count). The Morgan fingerprint density at radius 1 is 0.792 bits per heavy atom. The zero-order valence-electron chi connectivity index (χ0n) is 15.5.